The summed E-state index contributed by atoms with van der Waals surface area (Å²) in [6.45, 7) is 8.04. The van der Waals surface area contributed by atoms with Crippen LogP contribution < -0.4 is 10.2 Å². The fourth-order valence-electron chi connectivity index (χ4n) is 3.48. The molecule has 0 aliphatic carbocycles. The summed E-state index contributed by atoms with van der Waals surface area (Å²) in [5.41, 5.74) is 2.00. The third-order valence-electron chi connectivity index (χ3n) is 4.64. The number of morpholine rings is 1. The molecule has 5 heteroatoms. The molecule has 126 valence electrons. The molecule has 2 fully saturated rings. The number of piperidine rings is 1. The number of hydrogen-bond donors (Lipinski definition) is 1. The zero-order valence-corrected chi connectivity index (χ0v) is 14.0. The Morgan fingerprint density at radius 1 is 1.26 bits per heavy atom. The van der Waals surface area contributed by atoms with Crippen LogP contribution in [0.1, 0.15) is 19.8 Å². The van der Waals surface area contributed by atoms with E-state index in [0.29, 0.717) is 12.5 Å². The van der Waals surface area contributed by atoms with Gasteiger partial charge in [0.25, 0.3) is 0 Å². The maximum atomic E-state index is 12.4. The maximum absolute atomic E-state index is 12.4. The summed E-state index contributed by atoms with van der Waals surface area (Å²) < 4.78 is 5.42. The van der Waals surface area contributed by atoms with Crippen molar-refractivity contribution >= 4 is 17.3 Å². The third kappa shape index (κ3) is 4.45. The second-order valence-corrected chi connectivity index (χ2v) is 6.65. The minimum absolute atomic E-state index is 0.0832. The molecule has 0 spiro atoms. The van der Waals surface area contributed by atoms with Gasteiger partial charge in [-0.1, -0.05) is 19.1 Å². The van der Waals surface area contributed by atoms with Crippen molar-refractivity contribution in [1.82, 2.24) is 4.90 Å². The summed E-state index contributed by atoms with van der Waals surface area (Å²) in [4.78, 5) is 17.0. The van der Waals surface area contributed by atoms with Crippen LogP contribution in [-0.2, 0) is 9.53 Å². The summed E-state index contributed by atoms with van der Waals surface area (Å²) in [5, 5.41) is 3.11. The smallest absolute Gasteiger partial charge is 0.238 e. The number of benzene rings is 1. The second-order valence-electron chi connectivity index (χ2n) is 6.65. The Hall–Kier alpha value is -1.59. The van der Waals surface area contributed by atoms with Crippen molar-refractivity contribution in [2.45, 2.75) is 19.8 Å². The number of likely N-dealkylation sites (tertiary alicyclic amines) is 1. The first kappa shape index (κ1) is 16.3. The Labute approximate surface area is 138 Å². The molecule has 2 saturated heterocycles. The molecule has 2 aliphatic heterocycles. The first-order valence-corrected chi connectivity index (χ1v) is 8.66. The van der Waals surface area contributed by atoms with Crippen LogP contribution in [0.4, 0.5) is 11.4 Å². The Morgan fingerprint density at radius 2 is 2.04 bits per heavy atom. The van der Waals surface area contributed by atoms with Gasteiger partial charge in [-0.05, 0) is 37.4 Å². The van der Waals surface area contributed by atoms with Crippen LogP contribution in [0, 0.1) is 5.92 Å². The maximum Gasteiger partial charge on any atom is 0.238 e. The SMILES string of the molecule is C[C@H]1CCCN(CC(=O)Nc2ccccc2N2CCOCC2)C1. The highest BCUT2D eigenvalue weighted by atomic mass is 16.5. The lowest BCUT2D eigenvalue weighted by Gasteiger charge is -2.31. The van der Waals surface area contributed by atoms with Crippen LogP contribution >= 0.6 is 0 Å². The van der Waals surface area contributed by atoms with Gasteiger partial charge in [0.05, 0.1) is 31.1 Å². The molecule has 1 aromatic rings. The van der Waals surface area contributed by atoms with Gasteiger partial charge in [0.15, 0.2) is 0 Å². The van der Waals surface area contributed by atoms with Crippen molar-refractivity contribution in [2.24, 2.45) is 5.92 Å². The number of para-hydroxylation sites is 2. The molecule has 0 aromatic heterocycles. The first-order valence-electron chi connectivity index (χ1n) is 8.66. The van der Waals surface area contributed by atoms with E-state index in [2.05, 4.69) is 28.1 Å². The standard InChI is InChI=1S/C18H27N3O2/c1-15-5-4-8-20(13-15)14-18(22)19-16-6-2-3-7-17(16)21-9-11-23-12-10-21/h2-3,6-7,15H,4-5,8-14H2,1H3,(H,19,22)/t15-/m0/s1. The summed E-state index contributed by atoms with van der Waals surface area (Å²) in [5.74, 6) is 0.775. The molecule has 2 aliphatic rings. The van der Waals surface area contributed by atoms with E-state index in [-0.39, 0.29) is 5.91 Å². The van der Waals surface area contributed by atoms with E-state index in [4.69, 9.17) is 4.74 Å². The van der Waals surface area contributed by atoms with Crippen molar-refractivity contribution in [3.63, 3.8) is 0 Å². The summed E-state index contributed by atoms with van der Waals surface area (Å²) in [6.07, 6.45) is 2.47. The zero-order chi connectivity index (χ0) is 16.1. The average Bonchev–Trinajstić information content (AvgIpc) is 2.56. The summed E-state index contributed by atoms with van der Waals surface area (Å²) in [7, 11) is 0. The monoisotopic (exact) mass is 317 g/mol. The molecule has 23 heavy (non-hydrogen) atoms. The lowest BCUT2D eigenvalue weighted by molar-refractivity contribution is -0.117. The van der Waals surface area contributed by atoms with Crippen LogP contribution in [-0.4, -0.2) is 56.7 Å². The van der Waals surface area contributed by atoms with Gasteiger partial charge in [-0.15, -0.1) is 0 Å². The van der Waals surface area contributed by atoms with Gasteiger partial charge >= 0.3 is 0 Å². The van der Waals surface area contributed by atoms with Gasteiger partial charge in [0.2, 0.25) is 5.91 Å². The Balaban J connectivity index is 1.61. The molecule has 5 nitrogen and oxygen atoms in total. The fourth-order valence-corrected chi connectivity index (χ4v) is 3.48. The molecule has 0 radical (unpaired) electrons. The molecule has 0 unspecified atom stereocenters. The second kappa shape index (κ2) is 7.79. The molecule has 3 rings (SSSR count). The van der Waals surface area contributed by atoms with E-state index in [1.54, 1.807) is 0 Å². The molecular formula is C18H27N3O2. The van der Waals surface area contributed by atoms with E-state index in [9.17, 15) is 4.79 Å². The molecule has 1 atom stereocenters. The lowest BCUT2D eigenvalue weighted by Crippen LogP contribution is -2.40. The van der Waals surface area contributed by atoms with E-state index in [1.807, 2.05) is 18.2 Å². The molecule has 0 bridgehead atoms. The van der Waals surface area contributed by atoms with Gasteiger partial charge in [-0.2, -0.15) is 0 Å². The van der Waals surface area contributed by atoms with Gasteiger partial charge in [0.1, 0.15) is 0 Å². The van der Waals surface area contributed by atoms with Crippen molar-refractivity contribution in [1.29, 1.82) is 0 Å². The summed E-state index contributed by atoms with van der Waals surface area (Å²) in [6, 6.07) is 8.06. The number of carbonyl (C=O) groups excluding carboxylic acids is 1. The number of rotatable bonds is 4. The van der Waals surface area contributed by atoms with Crippen LogP contribution in [0.2, 0.25) is 0 Å². The number of carbonyl (C=O) groups is 1. The number of nitrogens with zero attached hydrogens (tertiary/aromatic N) is 2. The van der Waals surface area contributed by atoms with Gasteiger partial charge in [-0.25, -0.2) is 0 Å². The predicted octanol–water partition coefficient (Wildman–Crippen LogP) is 2.19. The highest BCUT2D eigenvalue weighted by Crippen LogP contribution is 2.26. The van der Waals surface area contributed by atoms with Crippen LogP contribution in [0.15, 0.2) is 24.3 Å². The number of anilines is 2. The fraction of sp³-hybridized carbons (Fsp3) is 0.611. The molecular weight excluding hydrogens is 290 g/mol. The molecule has 2 heterocycles. The summed E-state index contributed by atoms with van der Waals surface area (Å²) >= 11 is 0. The average molecular weight is 317 g/mol. The number of amides is 1. The van der Waals surface area contributed by atoms with Crippen LogP contribution in [0.5, 0.6) is 0 Å². The highest BCUT2D eigenvalue weighted by molar-refractivity contribution is 5.95. The molecule has 0 saturated carbocycles. The van der Waals surface area contributed by atoms with Gasteiger partial charge < -0.3 is 15.0 Å². The third-order valence-corrected chi connectivity index (χ3v) is 4.64. The number of ether oxygens (including phenoxy) is 1. The number of hydrogen-bond acceptors (Lipinski definition) is 4. The Kier molecular flexibility index (Phi) is 5.51. The predicted molar refractivity (Wildman–Crippen MR) is 92.9 cm³/mol. The normalized spacial score (nSPS) is 22.8. The first-order chi connectivity index (χ1) is 11.2. The molecule has 1 aromatic carbocycles. The van der Waals surface area contributed by atoms with Crippen LogP contribution in [0.3, 0.4) is 0 Å². The minimum Gasteiger partial charge on any atom is -0.378 e. The van der Waals surface area contributed by atoms with Gasteiger partial charge in [0, 0.05) is 19.6 Å². The van der Waals surface area contributed by atoms with E-state index >= 15 is 0 Å². The highest BCUT2D eigenvalue weighted by Gasteiger charge is 2.20. The topological polar surface area (TPSA) is 44.8 Å². The zero-order valence-electron chi connectivity index (χ0n) is 14.0. The van der Waals surface area contributed by atoms with E-state index in [1.165, 1.54) is 12.8 Å². The minimum atomic E-state index is 0.0832. The van der Waals surface area contributed by atoms with Gasteiger partial charge in [-0.3, -0.25) is 9.69 Å². The number of nitrogens with one attached hydrogen (secondary N) is 1. The molecule has 1 N–H and O–H groups in total. The van der Waals surface area contributed by atoms with Crippen molar-refractivity contribution in [3.05, 3.63) is 24.3 Å². The van der Waals surface area contributed by atoms with Crippen molar-refractivity contribution in [3.8, 4) is 0 Å². The quantitative estimate of drug-likeness (QED) is 0.925. The van der Waals surface area contributed by atoms with Crippen molar-refractivity contribution < 1.29 is 9.53 Å². The lowest BCUT2D eigenvalue weighted by atomic mass is 10.0. The Morgan fingerprint density at radius 3 is 2.83 bits per heavy atom. The molecule has 1 amide bonds. The van der Waals surface area contributed by atoms with Crippen molar-refractivity contribution in [2.75, 3.05) is 56.2 Å². The Bertz CT molecular complexity index is 529. The largest absolute Gasteiger partial charge is 0.378 e. The van der Waals surface area contributed by atoms with Crippen LogP contribution in [0.25, 0.3) is 0 Å². The van der Waals surface area contributed by atoms with E-state index < -0.39 is 0 Å². The van der Waals surface area contributed by atoms with E-state index in [0.717, 1.165) is 50.8 Å².